The van der Waals surface area contributed by atoms with Crippen LogP contribution in [0.2, 0.25) is 0 Å². The van der Waals surface area contributed by atoms with Crippen LogP contribution in [-0.4, -0.2) is 47.6 Å². The third-order valence-electron chi connectivity index (χ3n) is 8.03. The van der Waals surface area contributed by atoms with Crippen LogP contribution in [0, 0.1) is 0 Å². The van der Waals surface area contributed by atoms with Crippen LogP contribution in [0.25, 0.3) is 0 Å². The highest BCUT2D eigenvalue weighted by Crippen LogP contribution is 2.38. The number of rotatable bonds is 11. The van der Waals surface area contributed by atoms with Crippen molar-refractivity contribution in [1.82, 2.24) is 4.90 Å². The van der Waals surface area contributed by atoms with Gasteiger partial charge in [-0.3, -0.25) is 9.59 Å². The second kappa shape index (κ2) is 15.1. The van der Waals surface area contributed by atoms with E-state index in [0.717, 1.165) is 42.7 Å². The zero-order valence-corrected chi connectivity index (χ0v) is 24.5. The molecule has 2 saturated heterocycles. The molecule has 0 unspecified atom stereocenters. The minimum Gasteiger partial charge on any atom is -0.397 e. The predicted molar refractivity (Wildman–Crippen MR) is 167 cm³/mol. The zero-order valence-electron chi connectivity index (χ0n) is 24.5. The minimum absolute atomic E-state index is 0.0111. The van der Waals surface area contributed by atoms with Crippen molar-refractivity contribution >= 4 is 28.9 Å². The molecule has 5 N–H and O–H groups in total. The molecule has 5 rings (SSSR count). The first-order chi connectivity index (χ1) is 21.0. The van der Waals surface area contributed by atoms with Crippen LogP contribution in [-0.2, 0) is 25.7 Å². The van der Waals surface area contributed by atoms with E-state index >= 15 is 0 Å². The molecule has 0 radical (unpaired) electrons. The number of nitrogen functional groups attached to an aromatic ring is 1. The summed E-state index contributed by atoms with van der Waals surface area (Å²) in [5.74, 6) is -0.332. The Labute approximate surface area is 253 Å². The number of para-hydroxylation sites is 2. The van der Waals surface area contributed by atoms with Gasteiger partial charge in [0.25, 0.3) is 0 Å². The fraction of sp³-hybridized carbons (Fsp3) is 0.412. The third kappa shape index (κ3) is 8.87. The molecular weight excluding hydrogens is 544 g/mol. The van der Waals surface area contributed by atoms with Crippen molar-refractivity contribution in [2.24, 2.45) is 0 Å². The summed E-state index contributed by atoms with van der Waals surface area (Å²) < 4.78 is 12.9. The van der Waals surface area contributed by atoms with Gasteiger partial charge in [0.2, 0.25) is 11.8 Å². The number of ether oxygens (including phenoxy) is 2. The molecule has 2 aliphatic rings. The Balaban J connectivity index is 1.15. The standard InChI is InChI=1S/C34H42N4O5/c35-29-7-2-3-8-30(29)37-33(41)10-6-9-32(40)36-27-17-15-26(16-18-27)34-42-28(22-38-19-4-1-5-20-38)21-31(43-34)25-13-11-24(23-39)12-14-25/h2-3,7-8,11-18,28,31,34,39H,1,4-6,9-10,19-23,35H2,(H,36,40)(H,37,41)/t28-,31+,34+/m0/s1. The number of aliphatic hydroxyl groups is 1. The van der Waals surface area contributed by atoms with E-state index in [4.69, 9.17) is 15.2 Å². The lowest BCUT2D eigenvalue weighted by atomic mass is 9.99. The third-order valence-corrected chi connectivity index (χ3v) is 8.03. The number of aliphatic hydroxyl groups excluding tert-OH is 1. The van der Waals surface area contributed by atoms with Crippen molar-refractivity contribution in [3.05, 3.63) is 89.5 Å². The Hall–Kier alpha value is -3.76. The van der Waals surface area contributed by atoms with Crippen molar-refractivity contribution in [2.75, 3.05) is 36.0 Å². The summed E-state index contributed by atoms with van der Waals surface area (Å²) in [4.78, 5) is 27.3. The van der Waals surface area contributed by atoms with E-state index in [9.17, 15) is 14.7 Å². The molecule has 2 aliphatic heterocycles. The number of benzene rings is 3. The van der Waals surface area contributed by atoms with Gasteiger partial charge in [-0.15, -0.1) is 0 Å². The maximum Gasteiger partial charge on any atom is 0.224 e. The van der Waals surface area contributed by atoms with Gasteiger partial charge in [0.05, 0.1) is 30.2 Å². The highest BCUT2D eigenvalue weighted by molar-refractivity contribution is 5.94. The molecule has 2 fully saturated rings. The summed E-state index contributed by atoms with van der Waals surface area (Å²) in [5, 5.41) is 15.1. The number of nitrogens with one attached hydrogen (secondary N) is 2. The number of piperidine rings is 1. The van der Waals surface area contributed by atoms with Gasteiger partial charge in [-0.05, 0) is 67.7 Å². The van der Waals surface area contributed by atoms with E-state index in [0.29, 0.717) is 23.5 Å². The number of anilines is 3. The summed E-state index contributed by atoms with van der Waals surface area (Å²) in [6.45, 7) is 3.08. The van der Waals surface area contributed by atoms with Crippen LogP contribution >= 0.6 is 0 Å². The zero-order chi connectivity index (χ0) is 30.0. The first-order valence-corrected chi connectivity index (χ1v) is 15.2. The number of carbonyl (C=O) groups excluding carboxylic acids is 2. The number of carbonyl (C=O) groups is 2. The number of nitrogens with zero attached hydrogens (tertiary/aromatic N) is 1. The van der Waals surface area contributed by atoms with Gasteiger partial charge in [-0.25, -0.2) is 0 Å². The molecule has 2 amide bonds. The highest BCUT2D eigenvalue weighted by Gasteiger charge is 2.33. The smallest absolute Gasteiger partial charge is 0.224 e. The monoisotopic (exact) mass is 586 g/mol. The van der Waals surface area contributed by atoms with E-state index in [1.54, 1.807) is 24.3 Å². The van der Waals surface area contributed by atoms with Crippen LogP contribution in [0.1, 0.15) is 74.0 Å². The van der Waals surface area contributed by atoms with Crippen molar-refractivity contribution in [3.63, 3.8) is 0 Å². The second-order valence-corrected chi connectivity index (χ2v) is 11.4. The van der Waals surface area contributed by atoms with Crippen molar-refractivity contribution < 1.29 is 24.2 Å². The summed E-state index contributed by atoms with van der Waals surface area (Å²) >= 11 is 0. The van der Waals surface area contributed by atoms with E-state index in [1.807, 2.05) is 48.5 Å². The van der Waals surface area contributed by atoms with Crippen molar-refractivity contribution in [2.45, 2.75) is 70.1 Å². The number of hydrogen-bond donors (Lipinski definition) is 4. The molecule has 3 atom stereocenters. The van der Waals surface area contributed by atoms with E-state index in [2.05, 4.69) is 15.5 Å². The lowest BCUT2D eigenvalue weighted by Gasteiger charge is -2.39. The second-order valence-electron chi connectivity index (χ2n) is 11.4. The number of amides is 2. The lowest BCUT2D eigenvalue weighted by molar-refractivity contribution is -0.253. The molecule has 43 heavy (non-hydrogen) atoms. The molecule has 9 heteroatoms. The van der Waals surface area contributed by atoms with Gasteiger partial charge in [0.15, 0.2) is 6.29 Å². The van der Waals surface area contributed by atoms with Gasteiger partial charge in [0, 0.05) is 37.1 Å². The van der Waals surface area contributed by atoms with Gasteiger partial charge in [-0.2, -0.15) is 0 Å². The molecule has 3 aromatic carbocycles. The average molecular weight is 587 g/mol. The van der Waals surface area contributed by atoms with E-state index < -0.39 is 6.29 Å². The molecule has 0 spiro atoms. The molecule has 2 heterocycles. The number of hydrogen-bond acceptors (Lipinski definition) is 7. The van der Waals surface area contributed by atoms with Crippen LogP contribution in [0.4, 0.5) is 17.1 Å². The molecule has 0 bridgehead atoms. The Bertz CT molecular complexity index is 1340. The Kier molecular flexibility index (Phi) is 10.8. The topological polar surface area (TPSA) is 126 Å². The maximum atomic E-state index is 12.5. The fourth-order valence-corrected chi connectivity index (χ4v) is 5.64. The van der Waals surface area contributed by atoms with Gasteiger partial charge in [0.1, 0.15) is 0 Å². The molecule has 3 aromatic rings. The van der Waals surface area contributed by atoms with Gasteiger partial charge < -0.3 is 35.8 Å². The van der Waals surface area contributed by atoms with Crippen LogP contribution in [0.3, 0.4) is 0 Å². The van der Waals surface area contributed by atoms with Crippen LogP contribution in [0.5, 0.6) is 0 Å². The Morgan fingerprint density at radius 3 is 2.21 bits per heavy atom. The molecule has 0 aromatic heterocycles. The Morgan fingerprint density at radius 2 is 1.51 bits per heavy atom. The summed E-state index contributed by atoms with van der Waals surface area (Å²) in [6, 6.07) is 22.6. The Morgan fingerprint density at radius 1 is 0.837 bits per heavy atom. The van der Waals surface area contributed by atoms with Crippen LogP contribution in [0.15, 0.2) is 72.8 Å². The lowest BCUT2D eigenvalue weighted by Crippen LogP contribution is -2.41. The molecule has 0 saturated carbocycles. The van der Waals surface area contributed by atoms with E-state index in [1.165, 1.54) is 19.3 Å². The SMILES string of the molecule is Nc1ccccc1NC(=O)CCCC(=O)Nc1ccc([C@@H]2O[C@H](CN3CCCCC3)C[C@H](c3ccc(CO)cc3)O2)cc1. The summed E-state index contributed by atoms with van der Waals surface area (Å²) in [5.41, 5.74) is 10.5. The number of nitrogens with two attached hydrogens (primary N) is 1. The quantitative estimate of drug-likeness (QED) is 0.217. The number of likely N-dealkylation sites (tertiary alicyclic amines) is 1. The predicted octanol–water partition coefficient (Wildman–Crippen LogP) is 5.54. The first-order valence-electron chi connectivity index (χ1n) is 15.2. The summed E-state index contributed by atoms with van der Waals surface area (Å²) in [7, 11) is 0. The molecular formula is C34H42N4O5. The fourth-order valence-electron chi connectivity index (χ4n) is 5.64. The summed E-state index contributed by atoms with van der Waals surface area (Å²) in [6.07, 6.45) is 4.72. The average Bonchev–Trinajstić information content (AvgIpc) is 3.03. The molecule has 9 nitrogen and oxygen atoms in total. The van der Waals surface area contributed by atoms with Crippen LogP contribution < -0.4 is 16.4 Å². The van der Waals surface area contributed by atoms with Gasteiger partial charge >= 0.3 is 0 Å². The molecule has 0 aliphatic carbocycles. The largest absolute Gasteiger partial charge is 0.397 e. The van der Waals surface area contributed by atoms with Crippen molar-refractivity contribution in [3.8, 4) is 0 Å². The highest BCUT2D eigenvalue weighted by atomic mass is 16.7. The normalized spacial score (nSPS) is 20.8. The first kappa shape index (κ1) is 30.7. The maximum absolute atomic E-state index is 12.5. The van der Waals surface area contributed by atoms with E-state index in [-0.39, 0.29) is 43.5 Å². The molecule has 228 valence electrons. The van der Waals surface area contributed by atoms with Gasteiger partial charge in [-0.1, -0.05) is 55.0 Å². The minimum atomic E-state index is -0.534. The van der Waals surface area contributed by atoms with Crippen molar-refractivity contribution in [1.29, 1.82) is 0 Å².